The second-order valence-corrected chi connectivity index (χ2v) is 6.20. The molecule has 0 spiro atoms. The van der Waals surface area contributed by atoms with Crippen LogP contribution < -0.4 is 10.2 Å². The SMILES string of the molecule is O=C1Nc2ccc(Cl)cc2/C1=C\N1CCN(c2ncccn2)CC1. The van der Waals surface area contributed by atoms with E-state index in [9.17, 15) is 4.79 Å². The number of piperazine rings is 1. The number of benzene rings is 1. The second-order valence-electron chi connectivity index (χ2n) is 5.76. The normalized spacial score (nSPS) is 18.7. The van der Waals surface area contributed by atoms with E-state index in [0.29, 0.717) is 10.6 Å². The van der Waals surface area contributed by atoms with Gasteiger partial charge in [-0.05, 0) is 24.3 Å². The Hall–Kier alpha value is -2.60. The van der Waals surface area contributed by atoms with Crippen LogP contribution in [-0.2, 0) is 4.79 Å². The highest BCUT2D eigenvalue weighted by Gasteiger charge is 2.26. The fourth-order valence-electron chi connectivity index (χ4n) is 2.98. The minimum Gasteiger partial charge on any atom is -0.373 e. The smallest absolute Gasteiger partial charge is 0.257 e. The van der Waals surface area contributed by atoms with Crippen LogP contribution in [0.4, 0.5) is 11.6 Å². The van der Waals surface area contributed by atoms with Crippen molar-refractivity contribution in [3.63, 3.8) is 0 Å². The number of fused-ring (bicyclic) bond motifs is 1. The molecular formula is C17H16ClN5O. The van der Waals surface area contributed by atoms with Crippen molar-refractivity contribution < 1.29 is 4.79 Å². The molecule has 1 N–H and O–H groups in total. The lowest BCUT2D eigenvalue weighted by atomic mass is 10.1. The molecule has 4 rings (SSSR count). The maximum atomic E-state index is 12.2. The highest BCUT2D eigenvalue weighted by Crippen LogP contribution is 2.34. The van der Waals surface area contributed by atoms with Crippen LogP contribution >= 0.6 is 11.6 Å². The zero-order valence-corrected chi connectivity index (χ0v) is 13.7. The highest BCUT2D eigenvalue weighted by atomic mass is 35.5. The molecule has 1 saturated heterocycles. The monoisotopic (exact) mass is 341 g/mol. The van der Waals surface area contributed by atoms with Gasteiger partial charge in [0.25, 0.3) is 5.91 Å². The van der Waals surface area contributed by atoms with Gasteiger partial charge in [0.2, 0.25) is 5.95 Å². The number of carbonyl (C=O) groups is 1. The van der Waals surface area contributed by atoms with Crippen LogP contribution in [0.1, 0.15) is 5.56 Å². The van der Waals surface area contributed by atoms with Crippen molar-refractivity contribution in [1.29, 1.82) is 0 Å². The Morgan fingerprint density at radius 1 is 1.12 bits per heavy atom. The van der Waals surface area contributed by atoms with Gasteiger partial charge in [-0.1, -0.05) is 11.6 Å². The summed E-state index contributed by atoms with van der Waals surface area (Å²) in [6.07, 6.45) is 5.43. The molecule has 3 heterocycles. The molecule has 0 unspecified atom stereocenters. The summed E-state index contributed by atoms with van der Waals surface area (Å²) in [4.78, 5) is 25.1. The number of anilines is 2. The maximum Gasteiger partial charge on any atom is 0.257 e. The molecule has 1 amide bonds. The summed E-state index contributed by atoms with van der Waals surface area (Å²) < 4.78 is 0. The van der Waals surface area contributed by atoms with E-state index in [0.717, 1.165) is 43.4 Å². The highest BCUT2D eigenvalue weighted by molar-refractivity contribution is 6.34. The molecule has 0 bridgehead atoms. The van der Waals surface area contributed by atoms with Crippen LogP contribution in [0.2, 0.25) is 5.02 Å². The molecule has 2 aliphatic rings. The number of rotatable bonds is 2. The summed E-state index contributed by atoms with van der Waals surface area (Å²) in [5, 5.41) is 3.50. The van der Waals surface area contributed by atoms with Gasteiger partial charge in [-0.15, -0.1) is 0 Å². The number of halogens is 1. The fourth-order valence-corrected chi connectivity index (χ4v) is 3.15. The lowest BCUT2D eigenvalue weighted by Crippen LogP contribution is -2.45. The van der Waals surface area contributed by atoms with Crippen molar-refractivity contribution in [3.8, 4) is 0 Å². The first-order valence-electron chi connectivity index (χ1n) is 7.80. The Kier molecular flexibility index (Phi) is 3.82. The van der Waals surface area contributed by atoms with Gasteiger partial charge >= 0.3 is 0 Å². The summed E-state index contributed by atoms with van der Waals surface area (Å²) in [7, 11) is 0. The summed E-state index contributed by atoms with van der Waals surface area (Å²) in [5.74, 6) is 0.668. The van der Waals surface area contributed by atoms with Crippen molar-refractivity contribution in [3.05, 3.63) is 53.4 Å². The lowest BCUT2D eigenvalue weighted by molar-refractivity contribution is -0.110. The molecule has 0 radical (unpaired) electrons. The molecule has 1 fully saturated rings. The van der Waals surface area contributed by atoms with Gasteiger partial charge in [0.1, 0.15) is 0 Å². The number of hydrogen-bond acceptors (Lipinski definition) is 5. The van der Waals surface area contributed by atoms with E-state index in [-0.39, 0.29) is 5.91 Å². The molecule has 7 heteroatoms. The maximum absolute atomic E-state index is 12.2. The first-order chi connectivity index (χ1) is 11.7. The largest absolute Gasteiger partial charge is 0.373 e. The Labute approximate surface area is 144 Å². The standard InChI is InChI=1S/C17H16ClN5O/c18-12-2-3-15-13(10-12)14(16(24)21-15)11-22-6-8-23(9-7-22)17-19-4-1-5-20-17/h1-5,10-11H,6-9H2,(H,21,24)/b14-11+. The minimum atomic E-state index is -0.0823. The van der Waals surface area contributed by atoms with E-state index in [1.807, 2.05) is 24.4 Å². The van der Waals surface area contributed by atoms with E-state index >= 15 is 0 Å². The number of amides is 1. The van der Waals surface area contributed by atoms with Crippen LogP contribution in [0.25, 0.3) is 5.57 Å². The number of hydrogen-bond donors (Lipinski definition) is 1. The van der Waals surface area contributed by atoms with Crippen molar-refractivity contribution >= 4 is 34.7 Å². The molecule has 6 nitrogen and oxygen atoms in total. The number of nitrogens with one attached hydrogen (secondary N) is 1. The Morgan fingerprint density at radius 2 is 1.88 bits per heavy atom. The number of nitrogens with zero attached hydrogens (tertiary/aromatic N) is 4. The molecule has 122 valence electrons. The van der Waals surface area contributed by atoms with Crippen LogP contribution in [0.15, 0.2) is 42.9 Å². The van der Waals surface area contributed by atoms with Gasteiger partial charge in [-0.25, -0.2) is 9.97 Å². The molecule has 1 aromatic carbocycles. The third kappa shape index (κ3) is 2.80. The number of aromatic nitrogens is 2. The third-order valence-corrected chi connectivity index (χ3v) is 4.46. The third-order valence-electron chi connectivity index (χ3n) is 4.23. The first kappa shape index (κ1) is 15.0. The van der Waals surface area contributed by atoms with Crippen LogP contribution in [0.3, 0.4) is 0 Å². The van der Waals surface area contributed by atoms with Gasteiger partial charge in [0, 0.05) is 61.0 Å². The molecule has 2 aliphatic heterocycles. The van der Waals surface area contributed by atoms with Crippen LogP contribution in [-0.4, -0.2) is 47.0 Å². The fraction of sp³-hybridized carbons (Fsp3) is 0.235. The Balaban J connectivity index is 1.50. The summed E-state index contributed by atoms with van der Waals surface area (Å²) in [5.41, 5.74) is 2.34. The molecule has 0 aliphatic carbocycles. The average molecular weight is 342 g/mol. The zero-order valence-electron chi connectivity index (χ0n) is 12.9. The van der Waals surface area contributed by atoms with Crippen molar-refractivity contribution in [2.75, 3.05) is 36.4 Å². The molecular weight excluding hydrogens is 326 g/mol. The minimum absolute atomic E-state index is 0.0823. The van der Waals surface area contributed by atoms with E-state index in [2.05, 4.69) is 25.1 Å². The molecule has 2 aromatic rings. The van der Waals surface area contributed by atoms with E-state index < -0.39 is 0 Å². The predicted molar refractivity (Wildman–Crippen MR) is 93.9 cm³/mol. The van der Waals surface area contributed by atoms with Gasteiger partial charge in [-0.2, -0.15) is 0 Å². The average Bonchev–Trinajstić information content (AvgIpc) is 2.92. The van der Waals surface area contributed by atoms with Crippen LogP contribution in [0, 0.1) is 0 Å². The van der Waals surface area contributed by atoms with E-state index in [1.165, 1.54) is 0 Å². The number of carbonyl (C=O) groups excluding carboxylic acids is 1. The quantitative estimate of drug-likeness (QED) is 0.849. The summed E-state index contributed by atoms with van der Waals surface area (Å²) in [6.45, 7) is 3.26. The molecule has 0 saturated carbocycles. The van der Waals surface area contributed by atoms with Crippen molar-refractivity contribution in [2.24, 2.45) is 0 Å². The zero-order chi connectivity index (χ0) is 16.5. The van der Waals surface area contributed by atoms with Crippen molar-refractivity contribution in [1.82, 2.24) is 14.9 Å². The van der Waals surface area contributed by atoms with E-state index in [1.54, 1.807) is 18.5 Å². The predicted octanol–water partition coefficient (Wildman–Crippen LogP) is 2.25. The van der Waals surface area contributed by atoms with Crippen molar-refractivity contribution in [2.45, 2.75) is 0 Å². The molecule has 0 atom stereocenters. The lowest BCUT2D eigenvalue weighted by Gasteiger charge is -2.34. The van der Waals surface area contributed by atoms with Gasteiger partial charge in [0.15, 0.2) is 0 Å². The van der Waals surface area contributed by atoms with Crippen LogP contribution in [0.5, 0.6) is 0 Å². The summed E-state index contributed by atoms with van der Waals surface area (Å²) in [6, 6.07) is 7.25. The summed E-state index contributed by atoms with van der Waals surface area (Å²) >= 11 is 6.07. The Morgan fingerprint density at radius 3 is 2.62 bits per heavy atom. The second kappa shape index (κ2) is 6.13. The van der Waals surface area contributed by atoms with Gasteiger partial charge < -0.3 is 15.1 Å². The topological polar surface area (TPSA) is 61.4 Å². The molecule has 1 aromatic heterocycles. The van der Waals surface area contributed by atoms with Gasteiger partial charge in [-0.3, -0.25) is 4.79 Å². The molecule has 24 heavy (non-hydrogen) atoms. The Bertz CT molecular complexity index is 800. The first-order valence-corrected chi connectivity index (χ1v) is 8.17. The van der Waals surface area contributed by atoms with Gasteiger partial charge in [0.05, 0.1) is 5.57 Å². The van der Waals surface area contributed by atoms with E-state index in [4.69, 9.17) is 11.6 Å².